The molecule has 0 saturated carbocycles. The monoisotopic (exact) mass is 622 g/mol. The zero-order valence-corrected chi connectivity index (χ0v) is 25.3. The first kappa shape index (κ1) is 32.6. The second kappa shape index (κ2) is 15.4. The van der Waals surface area contributed by atoms with E-state index in [1.165, 1.54) is 32.6 Å². The van der Waals surface area contributed by atoms with Gasteiger partial charge in [-0.1, -0.05) is 18.2 Å². The lowest BCUT2D eigenvalue weighted by molar-refractivity contribution is -0.136. The van der Waals surface area contributed by atoms with Crippen molar-refractivity contribution in [1.82, 2.24) is 16.1 Å². The van der Waals surface area contributed by atoms with E-state index in [9.17, 15) is 19.1 Å². The van der Waals surface area contributed by atoms with Crippen LogP contribution in [0.3, 0.4) is 0 Å². The van der Waals surface area contributed by atoms with Gasteiger partial charge >= 0.3 is 12.0 Å². The minimum Gasteiger partial charge on any atom is -0.493 e. The van der Waals surface area contributed by atoms with Gasteiger partial charge in [-0.15, -0.1) is 0 Å². The summed E-state index contributed by atoms with van der Waals surface area (Å²) >= 11 is 0. The molecule has 1 aliphatic rings. The Hall–Kier alpha value is -5.30. The molecule has 0 radical (unpaired) electrons. The summed E-state index contributed by atoms with van der Waals surface area (Å²) in [7, 11) is 2.78. The highest BCUT2D eigenvalue weighted by Gasteiger charge is 2.32. The number of ether oxygens (including phenoxy) is 5. The Bertz CT molecular complexity index is 1560. The Balaban J connectivity index is 1.36. The minimum atomic E-state index is -1.17. The lowest BCUT2D eigenvalue weighted by Crippen LogP contribution is -2.45. The quantitative estimate of drug-likeness (QED) is 0.0908. The van der Waals surface area contributed by atoms with E-state index < -0.39 is 24.3 Å². The summed E-state index contributed by atoms with van der Waals surface area (Å²) in [4.78, 5) is 24.6. The molecule has 13 heteroatoms. The predicted octanol–water partition coefficient (Wildman–Crippen LogP) is 3.93. The molecule has 238 valence electrons. The molecule has 0 fully saturated rings. The molecular weight excluding hydrogens is 587 g/mol. The number of allylic oxidation sites excluding steroid dienone is 1. The van der Waals surface area contributed by atoms with Crippen LogP contribution in [0.25, 0.3) is 0 Å². The number of halogens is 1. The summed E-state index contributed by atoms with van der Waals surface area (Å²) in [6.07, 6.45) is 0.327. The van der Waals surface area contributed by atoms with Gasteiger partial charge in [-0.3, -0.25) is 5.43 Å². The summed E-state index contributed by atoms with van der Waals surface area (Å²) in [5.41, 5.74) is 5.30. The van der Waals surface area contributed by atoms with Crippen LogP contribution in [0, 0.1) is 5.82 Å². The zero-order chi connectivity index (χ0) is 32.3. The number of rotatable bonds is 14. The van der Waals surface area contributed by atoms with E-state index in [0.717, 1.165) is 5.56 Å². The number of aliphatic hydroxyl groups is 1. The molecule has 4 N–H and O–H groups in total. The number of hydrazone groups is 1. The number of hydrogen-bond donors (Lipinski definition) is 4. The van der Waals surface area contributed by atoms with Crippen molar-refractivity contribution in [1.29, 1.82) is 0 Å². The molecule has 1 heterocycles. The molecule has 45 heavy (non-hydrogen) atoms. The third-order valence-electron chi connectivity index (χ3n) is 6.60. The fraction of sp³-hybridized carbons (Fsp3) is 0.281. The SMILES string of the molecule is CCOc1cc([C@H]2NC(=O)NC(C)=C2C(=O)OC)ccc1OC[C@@H](O)N/N=C\c1ccc(OCc2ccc(F)cc2)c(OC)c1. The minimum absolute atomic E-state index is 0.174. The molecule has 4 rings (SSSR count). The predicted molar refractivity (Wildman–Crippen MR) is 163 cm³/mol. The van der Waals surface area contributed by atoms with E-state index in [4.69, 9.17) is 23.7 Å². The summed E-state index contributed by atoms with van der Waals surface area (Å²) < 4.78 is 40.8. The van der Waals surface area contributed by atoms with Crippen LogP contribution in [-0.4, -0.2) is 57.0 Å². The molecule has 1 aliphatic heterocycles. The third kappa shape index (κ3) is 8.63. The van der Waals surface area contributed by atoms with Crippen molar-refractivity contribution in [2.24, 2.45) is 5.10 Å². The molecule has 0 bridgehead atoms. The van der Waals surface area contributed by atoms with Gasteiger partial charge in [0.25, 0.3) is 0 Å². The molecule has 3 aromatic carbocycles. The summed E-state index contributed by atoms with van der Waals surface area (Å²) in [5, 5.41) is 19.8. The third-order valence-corrected chi connectivity index (χ3v) is 6.60. The number of amides is 2. The number of urea groups is 1. The van der Waals surface area contributed by atoms with Crippen LogP contribution < -0.4 is 35.0 Å². The maximum Gasteiger partial charge on any atom is 0.337 e. The van der Waals surface area contributed by atoms with Crippen molar-refractivity contribution in [3.63, 3.8) is 0 Å². The molecule has 0 unspecified atom stereocenters. The van der Waals surface area contributed by atoms with Gasteiger partial charge < -0.3 is 39.4 Å². The van der Waals surface area contributed by atoms with E-state index >= 15 is 0 Å². The summed E-state index contributed by atoms with van der Waals surface area (Å²) in [6.45, 7) is 3.81. The molecule has 3 aromatic rings. The van der Waals surface area contributed by atoms with E-state index in [1.807, 2.05) is 0 Å². The van der Waals surface area contributed by atoms with Crippen LogP contribution in [0.1, 0.15) is 36.6 Å². The molecule has 2 amide bonds. The highest BCUT2D eigenvalue weighted by Crippen LogP contribution is 2.35. The Morgan fingerprint density at radius 2 is 1.76 bits per heavy atom. The van der Waals surface area contributed by atoms with Gasteiger partial charge in [0.05, 0.1) is 38.7 Å². The fourth-order valence-corrected chi connectivity index (χ4v) is 4.45. The van der Waals surface area contributed by atoms with Crippen molar-refractivity contribution < 1.29 is 42.8 Å². The molecule has 0 aromatic heterocycles. The first-order valence-corrected chi connectivity index (χ1v) is 14.0. The lowest BCUT2D eigenvalue weighted by atomic mass is 9.95. The number of esters is 1. The van der Waals surface area contributed by atoms with Crippen LogP contribution in [0.15, 0.2) is 77.0 Å². The molecule has 0 aliphatic carbocycles. The van der Waals surface area contributed by atoms with E-state index in [-0.39, 0.29) is 24.6 Å². The lowest BCUT2D eigenvalue weighted by Gasteiger charge is -2.28. The Morgan fingerprint density at radius 3 is 2.47 bits per heavy atom. The van der Waals surface area contributed by atoms with E-state index in [2.05, 4.69) is 21.2 Å². The fourth-order valence-electron chi connectivity index (χ4n) is 4.45. The van der Waals surface area contributed by atoms with Gasteiger partial charge in [-0.25, -0.2) is 14.0 Å². The molecule has 0 spiro atoms. The average Bonchev–Trinajstić information content (AvgIpc) is 3.03. The molecule has 2 atom stereocenters. The highest BCUT2D eigenvalue weighted by molar-refractivity contribution is 5.95. The Kier molecular flexibility index (Phi) is 11.2. The number of methoxy groups -OCH3 is 2. The number of aliphatic hydroxyl groups excluding tert-OH is 1. The van der Waals surface area contributed by atoms with Crippen LogP contribution in [0.5, 0.6) is 23.0 Å². The van der Waals surface area contributed by atoms with Crippen molar-refractivity contribution in [3.05, 3.63) is 94.4 Å². The van der Waals surface area contributed by atoms with Gasteiger partial charge in [0.15, 0.2) is 29.2 Å². The topological polar surface area (TPSA) is 149 Å². The number of nitrogens with zero attached hydrogens (tertiary/aromatic N) is 1. The highest BCUT2D eigenvalue weighted by atomic mass is 19.1. The largest absolute Gasteiger partial charge is 0.493 e. The maximum atomic E-state index is 13.1. The smallest absolute Gasteiger partial charge is 0.337 e. The van der Waals surface area contributed by atoms with Crippen molar-refractivity contribution in [3.8, 4) is 23.0 Å². The second-order valence-corrected chi connectivity index (χ2v) is 9.74. The second-order valence-electron chi connectivity index (χ2n) is 9.74. The zero-order valence-electron chi connectivity index (χ0n) is 25.3. The van der Waals surface area contributed by atoms with Crippen molar-refractivity contribution >= 4 is 18.2 Å². The van der Waals surface area contributed by atoms with Crippen molar-refractivity contribution in [2.75, 3.05) is 27.4 Å². The number of carbonyl (C=O) groups is 2. The first-order valence-electron chi connectivity index (χ1n) is 14.0. The number of benzene rings is 3. The standard InChI is InChI=1S/C32H35FN4O8/c1-5-43-27-15-22(30-29(31(39)42-4)19(2)35-32(40)36-30)9-13-25(27)45-18-28(38)37-34-16-21-8-12-24(26(14-21)41-3)44-17-20-6-10-23(33)11-7-20/h6-16,28,30,37-38H,5,17-18H2,1-4H3,(H2,35,36,40)/b34-16-/t28-,30-/m1/s1. The van der Waals surface area contributed by atoms with Gasteiger partial charge in [0.2, 0.25) is 0 Å². The van der Waals surface area contributed by atoms with Crippen LogP contribution in [0.4, 0.5) is 9.18 Å². The van der Waals surface area contributed by atoms with Gasteiger partial charge in [0.1, 0.15) is 19.0 Å². The van der Waals surface area contributed by atoms with Crippen LogP contribution in [0.2, 0.25) is 0 Å². The number of nitrogens with one attached hydrogen (secondary N) is 3. The number of carbonyl (C=O) groups excluding carboxylic acids is 2. The molecule has 0 saturated heterocycles. The Labute approximate surface area is 259 Å². The first-order chi connectivity index (χ1) is 21.7. The molecule has 12 nitrogen and oxygen atoms in total. The normalized spacial score (nSPS) is 15.2. The van der Waals surface area contributed by atoms with Crippen molar-refractivity contribution in [2.45, 2.75) is 32.7 Å². The van der Waals surface area contributed by atoms with Crippen LogP contribution >= 0.6 is 0 Å². The summed E-state index contributed by atoms with van der Waals surface area (Å²) in [6, 6.07) is 15.0. The van der Waals surface area contributed by atoms with Gasteiger partial charge in [-0.05, 0) is 73.0 Å². The maximum absolute atomic E-state index is 13.1. The molecular formula is C32H35FN4O8. The van der Waals surface area contributed by atoms with E-state index in [0.29, 0.717) is 46.4 Å². The number of hydrogen-bond acceptors (Lipinski definition) is 10. The van der Waals surface area contributed by atoms with Gasteiger partial charge in [-0.2, -0.15) is 5.10 Å². The van der Waals surface area contributed by atoms with E-state index in [1.54, 1.807) is 62.4 Å². The van der Waals surface area contributed by atoms with Crippen LogP contribution in [-0.2, 0) is 16.1 Å². The Morgan fingerprint density at radius 1 is 1.02 bits per heavy atom. The summed E-state index contributed by atoms with van der Waals surface area (Å²) in [5.74, 6) is 0.782. The average molecular weight is 623 g/mol. The van der Waals surface area contributed by atoms with Gasteiger partial charge in [0, 0.05) is 5.70 Å².